The van der Waals surface area contributed by atoms with Gasteiger partial charge in [-0.2, -0.15) is 0 Å². The van der Waals surface area contributed by atoms with E-state index in [4.69, 9.17) is 9.47 Å². The zero-order valence-corrected chi connectivity index (χ0v) is 28.0. The van der Waals surface area contributed by atoms with Gasteiger partial charge in [-0.1, -0.05) is 99.3 Å². The van der Waals surface area contributed by atoms with Gasteiger partial charge in [0, 0.05) is 25.9 Å². The summed E-state index contributed by atoms with van der Waals surface area (Å²) in [4.78, 5) is 40.5. The topological polar surface area (TPSA) is 76.2 Å². The number of nitrogens with zero attached hydrogens (tertiary/aromatic N) is 2. The molecule has 7 heteroatoms. The van der Waals surface area contributed by atoms with Gasteiger partial charge in [-0.3, -0.25) is 14.4 Å². The summed E-state index contributed by atoms with van der Waals surface area (Å²) < 4.78 is 10.6. The Morgan fingerprint density at radius 1 is 0.500 bits per heavy atom. The van der Waals surface area contributed by atoms with E-state index in [0.29, 0.717) is 39.1 Å². The Morgan fingerprint density at radius 3 is 1.55 bits per heavy atom. The van der Waals surface area contributed by atoms with Gasteiger partial charge in [-0.25, -0.2) is 0 Å². The van der Waals surface area contributed by atoms with Gasteiger partial charge in [-0.05, 0) is 52.7 Å². The van der Waals surface area contributed by atoms with E-state index in [1.165, 1.54) is 32.1 Å². The first-order chi connectivity index (χ1) is 19.4. The predicted octanol–water partition coefficient (Wildman–Crippen LogP) is 8.19. The lowest BCUT2D eigenvalue weighted by Gasteiger charge is -2.23. The maximum Gasteiger partial charge on any atom is 0.307 e. The number of esters is 2. The first-order valence-electron chi connectivity index (χ1n) is 16.6. The van der Waals surface area contributed by atoms with Crippen LogP contribution in [0.25, 0.3) is 0 Å². The van der Waals surface area contributed by atoms with Crippen LogP contribution in [0.1, 0.15) is 151 Å². The highest BCUT2D eigenvalue weighted by molar-refractivity contribution is 5.77. The molecule has 0 aromatic heterocycles. The molecule has 0 bridgehead atoms. The number of hydrogen-bond acceptors (Lipinski definition) is 6. The molecular weight excluding hydrogens is 504 g/mol. The Bertz CT molecular complexity index is 555. The molecule has 0 N–H and O–H groups in total. The van der Waals surface area contributed by atoms with E-state index in [2.05, 4.69) is 18.7 Å². The highest BCUT2D eigenvalue weighted by Crippen LogP contribution is 2.10. The molecule has 0 aliphatic heterocycles. The molecule has 0 saturated heterocycles. The lowest BCUT2D eigenvalue weighted by atomic mass is 10.1. The first-order valence-corrected chi connectivity index (χ1v) is 16.6. The van der Waals surface area contributed by atoms with E-state index < -0.39 is 0 Å². The molecule has 0 fully saturated rings. The Balaban J connectivity index is -0.00000326. The lowest BCUT2D eigenvalue weighted by Crippen LogP contribution is -2.35. The molecule has 0 aromatic carbocycles. The number of amides is 1. The molecule has 7 nitrogen and oxygen atoms in total. The average Bonchev–Trinajstić information content (AvgIpc) is 2.95. The summed E-state index contributed by atoms with van der Waals surface area (Å²) in [7, 11) is 4.03. The molecule has 0 saturated carbocycles. The fourth-order valence-electron chi connectivity index (χ4n) is 3.94. The van der Waals surface area contributed by atoms with Crippen molar-refractivity contribution in [2.75, 3.05) is 46.9 Å². The van der Waals surface area contributed by atoms with E-state index in [9.17, 15) is 14.4 Å². The van der Waals surface area contributed by atoms with E-state index in [1.807, 2.05) is 46.7 Å². The van der Waals surface area contributed by atoms with Crippen LogP contribution in [0.3, 0.4) is 0 Å². The second kappa shape index (κ2) is 35.4. The van der Waals surface area contributed by atoms with Crippen LogP contribution in [0.15, 0.2) is 0 Å². The third kappa shape index (κ3) is 32.6. The van der Waals surface area contributed by atoms with Crippen molar-refractivity contribution < 1.29 is 23.9 Å². The van der Waals surface area contributed by atoms with E-state index >= 15 is 0 Å². The number of carbonyl (C=O) groups is 3. The zero-order valence-electron chi connectivity index (χ0n) is 28.0. The second-order valence-corrected chi connectivity index (χ2v) is 10.1. The number of unbranched alkanes of at least 4 members (excludes halogenated alkanes) is 10. The summed E-state index contributed by atoms with van der Waals surface area (Å²) in [5, 5.41) is 0. The molecule has 0 heterocycles. The number of rotatable bonds is 25. The van der Waals surface area contributed by atoms with Crippen molar-refractivity contribution in [3.8, 4) is 0 Å². The Hall–Kier alpha value is -1.63. The van der Waals surface area contributed by atoms with Crippen molar-refractivity contribution >= 4 is 17.8 Å². The van der Waals surface area contributed by atoms with Crippen LogP contribution in [0, 0.1) is 0 Å². The molecule has 0 radical (unpaired) electrons. The van der Waals surface area contributed by atoms with Crippen LogP contribution >= 0.6 is 0 Å². The minimum atomic E-state index is -0.229. The summed E-state index contributed by atoms with van der Waals surface area (Å²) >= 11 is 0. The van der Waals surface area contributed by atoms with Crippen molar-refractivity contribution in [1.29, 1.82) is 0 Å². The minimum Gasteiger partial charge on any atom is -0.466 e. The van der Waals surface area contributed by atoms with Crippen LogP contribution in [-0.4, -0.2) is 74.6 Å². The molecule has 0 aromatic rings. The van der Waals surface area contributed by atoms with Crippen molar-refractivity contribution in [1.82, 2.24) is 9.80 Å². The minimum absolute atomic E-state index is 0.101. The maximum absolute atomic E-state index is 12.8. The number of ether oxygens (including phenoxy) is 2. The molecule has 240 valence electrons. The van der Waals surface area contributed by atoms with Gasteiger partial charge >= 0.3 is 11.9 Å². The molecule has 40 heavy (non-hydrogen) atoms. The van der Waals surface area contributed by atoms with Gasteiger partial charge in [0.1, 0.15) is 0 Å². The van der Waals surface area contributed by atoms with Gasteiger partial charge in [-0.15, -0.1) is 0 Å². The van der Waals surface area contributed by atoms with E-state index in [-0.39, 0.29) is 24.3 Å². The molecule has 0 atom stereocenters. The third-order valence-electron chi connectivity index (χ3n) is 6.27. The zero-order chi connectivity index (χ0) is 30.9. The van der Waals surface area contributed by atoms with Crippen LogP contribution in [0.4, 0.5) is 0 Å². The highest BCUT2D eigenvalue weighted by atomic mass is 16.5. The average molecular weight is 573 g/mol. The predicted molar refractivity (Wildman–Crippen MR) is 170 cm³/mol. The number of carbonyl (C=O) groups excluding carboxylic acids is 3. The van der Waals surface area contributed by atoms with E-state index in [1.54, 1.807) is 0 Å². The smallest absolute Gasteiger partial charge is 0.307 e. The van der Waals surface area contributed by atoms with Crippen LogP contribution in [0.5, 0.6) is 0 Å². The standard InChI is InChI=1S/C29H56N2O5.2C2H6/c1-5-7-9-10-11-14-17-26-36-28(33)20-16-13-12-15-19-27(32)31(23-18-22-30(3)4)24-21-29(34)35-25-8-6-2;2*1-2/h5-26H2,1-4H3;2*1-2H3. The summed E-state index contributed by atoms with van der Waals surface area (Å²) in [6.07, 6.45) is 15.9. The lowest BCUT2D eigenvalue weighted by molar-refractivity contribution is -0.145. The summed E-state index contributed by atoms with van der Waals surface area (Å²) in [6, 6.07) is 0. The van der Waals surface area contributed by atoms with Gasteiger partial charge < -0.3 is 19.3 Å². The quantitative estimate of drug-likeness (QED) is 0.0811. The van der Waals surface area contributed by atoms with E-state index in [0.717, 1.165) is 64.3 Å². The largest absolute Gasteiger partial charge is 0.466 e. The summed E-state index contributed by atoms with van der Waals surface area (Å²) in [6.45, 7) is 15.3. The maximum atomic E-state index is 12.8. The molecular formula is C33H68N2O5. The summed E-state index contributed by atoms with van der Waals surface area (Å²) in [5.74, 6) is -0.230. The number of hydrogen-bond donors (Lipinski definition) is 0. The van der Waals surface area contributed by atoms with Crippen LogP contribution in [-0.2, 0) is 23.9 Å². The molecule has 0 spiro atoms. The fourth-order valence-corrected chi connectivity index (χ4v) is 3.94. The van der Waals surface area contributed by atoms with Crippen molar-refractivity contribution in [2.24, 2.45) is 0 Å². The van der Waals surface area contributed by atoms with Crippen molar-refractivity contribution in [3.05, 3.63) is 0 Å². The SMILES string of the molecule is CC.CC.CCCCCCCCCOC(=O)CCCCCCC(=O)N(CCCN(C)C)CCC(=O)OCCCC. The van der Waals surface area contributed by atoms with Crippen LogP contribution in [0.2, 0.25) is 0 Å². The first kappa shape index (κ1) is 42.8. The van der Waals surface area contributed by atoms with Crippen molar-refractivity contribution in [3.63, 3.8) is 0 Å². The van der Waals surface area contributed by atoms with Crippen molar-refractivity contribution in [2.45, 2.75) is 151 Å². The molecule has 0 aliphatic rings. The Morgan fingerprint density at radius 2 is 0.975 bits per heavy atom. The van der Waals surface area contributed by atoms with Gasteiger partial charge in [0.25, 0.3) is 0 Å². The molecule has 0 unspecified atom stereocenters. The normalized spacial score (nSPS) is 10.2. The van der Waals surface area contributed by atoms with Gasteiger partial charge in [0.2, 0.25) is 5.91 Å². The Kier molecular flexibility index (Phi) is 37.9. The Labute approximate surface area is 249 Å². The third-order valence-corrected chi connectivity index (χ3v) is 6.27. The fraction of sp³-hybridized carbons (Fsp3) is 0.909. The highest BCUT2D eigenvalue weighted by Gasteiger charge is 2.15. The molecule has 0 rings (SSSR count). The molecule has 1 amide bonds. The summed E-state index contributed by atoms with van der Waals surface area (Å²) in [5.41, 5.74) is 0. The van der Waals surface area contributed by atoms with Gasteiger partial charge in [0.15, 0.2) is 0 Å². The monoisotopic (exact) mass is 573 g/mol. The molecule has 0 aliphatic carbocycles. The van der Waals surface area contributed by atoms with Crippen LogP contribution < -0.4 is 0 Å². The second-order valence-electron chi connectivity index (χ2n) is 10.1. The van der Waals surface area contributed by atoms with Gasteiger partial charge in [0.05, 0.1) is 19.6 Å².